The van der Waals surface area contributed by atoms with Gasteiger partial charge in [-0.05, 0) is 48.0 Å². The van der Waals surface area contributed by atoms with E-state index in [0.29, 0.717) is 27.3 Å². The largest absolute Gasteiger partial charge is 0.428 e. The summed E-state index contributed by atoms with van der Waals surface area (Å²) < 4.78 is 22.3. The predicted octanol–water partition coefficient (Wildman–Crippen LogP) is 2.30. The molecule has 0 atom stereocenters. The highest BCUT2D eigenvalue weighted by molar-refractivity contribution is 6.28. The molecule has 0 N–H and O–H groups in total. The topological polar surface area (TPSA) is 36.9 Å². The number of hydrogen-bond acceptors (Lipinski definition) is 4. The van der Waals surface area contributed by atoms with Gasteiger partial charge in [0.25, 0.3) is 0 Å². The lowest BCUT2D eigenvalue weighted by molar-refractivity contribution is -0.0963. The van der Waals surface area contributed by atoms with Crippen molar-refractivity contribution in [3.63, 3.8) is 0 Å². The molecule has 0 aromatic rings. The molecule has 0 rings (SSSR count). The first-order valence-electron chi connectivity index (χ1n) is 6.90. The number of hydrogen-bond donors (Lipinski definition) is 0. The molecule has 0 aromatic carbocycles. The van der Waals surface area contributed by atoms with E-state index in [2.05, 4.69) is 13.8 Å². The lowest BCUT2D eigenvalue weighted by atomic mass is 9.95. The van der Waals surface area contributed by atoms with E-state index < -0.39 is 0 Å². The Kier molecular flexibility index (Phi) is 9.73. The zero-order chi connectivity index (χ0) is 14.0. The summed E-state index contributed by atoms with van der Waals surface area (Å²) in [6, 6.07) is 0. The molecule has 4 nitrogen and oxygen atoms in total. The molecule has 5 heteroatoms. The third-order valence-corrected chi connectivity index (χ3v) is 2.47. The minimum Gasteiger partial charge on any atom is -0.428 e. The van der Waals surface area contributed by atoms with Gasteiger partial charge in [0.05, 0.1) is 6.10 Å². The Morgan fingerprint density at radius 3 is 2.00 bits per heavy atom. The fourth-order valence-corrected chi connectivity index (χ4v) is 1.42. The fourth-order valence-electron chi connectivity index (χ4n) is 1.42. The second-order valence-electron chi connectivity index (χ2n) is 5.08. The van der Waals surface area contributed by atoms with E-state index in [9.17, 15) is 0 Å². The molecule has 0 unspecified atom stereocenters. The summed E-state index contributed by atoms with van der Waals surface area (Å²) in [5.74, 6) is 0. The Morgan fingerprint density at radius 2 is 1.56 bits per heavy atom. The van der Waals surface area contributed by atoms with Crippen molar-refractivity contribution in [2.24, 2.45) is 0 Å². The smallest absolute Gasteiger partial charge is 0.338 e. The van der Waals surface area contributed by atoms with Gasteiger partial charge in [-0.15, -0.1) is 0 Å². The Labute approximate surface area is 113 Å². The summed E-state index contributed by atoms with van der Waals surface area (Å²) in [5.41, 5.74) is -0.221. The van der Waals surface area contributed by atoms with Crippen LogP contribution in [0.25, 0.3) is 0 Å². The van der Waals surface area contributed by atoms with Crippen molar-refractivity contribution in [3.8, 4) is 0 Å². The van der Waals surface area contributed by atoms with E-state index in [4.69, 9.17) is 18.9 Å². The molecule has 18 heavy (non-hydrogen) atoms. The van der Waals surface area contributed by atoms with Gasteiger partial charge >= 0.3 is 7.48 Å². The van der Waals surface area contributed by atoms with Crippen LogP contribution in [0, 0.1) is 0 Å². The van der Waals surface area contributed by atoms with Crippen LogP contribution in [0.15, 0.2) is 0 Å². The van der Waals surface area contributed by atoms with Gasteiger partial charge in [0.2, 0.25) is 0 Å². The van der Waals surface area contributed by atoms with Crippen LogP contribution in [0.5, 0.6) is 0 Å². The van der Waals surface area contributed by atoms with Crippen molar-refractivity contribution >= 4 is 7.48 Å². The van der Waals surface area contributed by atoms with E-state index >= 15 is 0 Å². The molecule has 0 radical (unpaired) electrons. The van der Waals surface area contributed by atoms with E-state index in [1.165, 1.54) is 0 Å². The van der Waals surface area contributed by atoms with Crippen LogP contribution < -0.4 is 0 Å². The number of ether oxygens (including phenoxy) is 3. The van der Waals surface area contributed by atoms with Crippen molar-refractivity contribution in [2.75, 3.05) is 19.8 Å². The summed E-state index contributed by atoms with van der Waals surface area (Å²) in [6.07, 6.45) is 0.849. The quantitative estimate of drug-likeness (QED) is 0.422. The van der Waals surface area contributed by atoms with E-state index in [1.807, 2.05) is 27.7 Å². The van der Waals surface area contributed by atoms with Crippen molar-refractivity contribution in [3.05, 3.63) is 0 Å². The molecule has 0 fully saturated rings. The van der Waals surface area contributed by atoms with Gasteiger partial charge < -0.3 is 18.9 Å². The highest BCUT2D eigenvalue weighted by Crippen LogP contribution is 2.15. The second-order valence-corrected chi connectivity index (χ2v) is 5.08. The average molecular weight is 260 g/mol. The van der Waals surface area contributed by atoms with E-state index in [1.54, 1.807) is 0 Å². The first-order chi connectivity index (χ1) is 8.41. The van der Waals surface area contributed by atoms with Crippen molar-refractivity contribution in [2.45, 2.75) is 65.9 Å². The molecule has 0 aliphatic rings. The van der Waals surface area contributed by atoms with E-state index in [0.717, 1.165) is 6.42 Å². The fraction of sp³-hybridized carbons (Fsp3) is 1.00. The maximum atomic E-state index is 5.85. The van der Waals surface area contributed by atoms with Crippen LogP contribution in [0.3, 0.4) is 0 Å². The first-order valence-corrected chi connectivity index (χ1v) is 6.90. The maximum Gasteiger partial charge on any atom is 0.338 e. The molecule has 0 spiro atoms. The molecule has 0 saturated heterocycles. The summed E-state index contributed by atoms with van der Waals surface area (Å²) in [6.45, 7) is 14.1. The van der Waals surface area contributed by atoms with Gasteiger partial charge in [-0.2, -0.15) is 0 Å². The summed E-state index contributed by atoms with van der Waals surface area (Å²) >= 11 is 0. The normalized spacial score (nSPS) is 12.4. The third kappa shape index (κ3) is 9.89. The van der Waals surface area contributed by atoms with Crippen LogP contribution in [-0.4, -0.2) is 45.2 Å². The monoisotopic (exact) mass is 260 g/mol. The third-order valence-electron chi connectivity index (χ3n) is 2.47. The van der Waals surface area contributed by atoms with Crippen molar-refractivity contribution in [1.82, 2.24) is 0 Å². The Bertz CT molecular complexity index is 191. The molecule has 0 aliphatic heterocycles. The SMILES string of the molecule is CCOC(BOC(C)(C)CCOC(C)C)OCC. The molecular weight excluding hydrogens is 231 g/mol. The molecule has 0 bridgehead atoms. The lowest BCUT2D eigenvalue weighted by Crippen LogP contribution is -2.35. The minimum atomic E-state index is -0.273. The Hall–Kier alpha value is -0.0951. The molecule has 108 valence electrons. The van der Waals surface area contributed by atoms with Crippen molar-refractivity contribution < 1.29 is 18.9 Å². The Balaban J connectivity index is 3.90. The maximum absolute atomic E-state index is 5.85. The molecule has 0 amide bonds. The second kappa shape index (κ2) is 9.79. The summed E-state index contributed by atoms with van der Waals surface area (Å²) in [4.78, 5) is 0. The standard InChI is InChI=1S/C13H29BO4/c1-7-15-12(16-8-2)14-18-13(5,6)9-10-17-11(3)4/h11-12,14H,7-10H2,1-6H3. The molecule has 0 saturated carbocycles. The highest BCUT2D eigenvalue weighted by atomic mass is 16.7. The van der Waals surface area contributed by atoms with Gasteiger partial charge in [0, 0.05) is 25.4 Å². The zero-order valence-electron chi connectivity index (χ0n) is 12.8. The van der Waals surface area contributed by atoms with E-state index in [-0.39, 0.29) is 17.9 Å². The summed E-state index contributed by atoms with van der Waals surface area (Å²) in [7, 11) is 0.455. The molecule has 0 aromatic heterocycles. The molecular formula is C13H29BO4. The van der Waals surface area contributed by atoms with Crippen LogP contribution in [0.2, 0.25) is 0 Å². The predicted molar refractivity (Wildman–Crippen MR) is 75.1 cm³/mol. The van der Waals surface area contributed by atoms with Gasteiger partial charge in [0.15, 0.2) is 6.19 Å². The highest BCUT2D eigenvalue weighted by Gasteiger charge is 2.22. The lowest BCUT2D eigenvalue weighted by Gasteiger charge is -2.28. The van der Waals surface area contributed by atoms with Crippen molar-refractivity contribution in [1.29, 1.82) is 0 Å². The van der Waals surface area contributed by atoms with Crippen LogP contribution in [-0.2, 0) is 18.9 Å². The number of rotatable bonds is 11. The van der Waals surface area contributed by atoms with Crippen LogP contribution >= 0.6 is 0 Å². The zero-order valence-corrected chi connectivity index (χ0v) is 12.8. The average Bonchev–Trinajstić information content (AvgIpc) is 2.26. The van der Waals surface area contributed by atoms with Gasteiger partial charge in [-0.3, -0.25) is 0 Å². The summed E-state index contributed by atoms with van der Waals surface area (Å²) in [5, 5.41) is 0. The van der Waals surface area contributed by atoms with Crippen LogP contribution in [0.4, 0.5) is 0 Å². The first kappa shape index (κ1) is 17.9. The molecule has 0 aliphatic carbocycles. The van der Waals surface area contributed by atoms with Gasteiger partial charge in [-0.1, -0.05) is 0 Å². The molecule has 0 heterocycles. The van der Waals surface area contributed by atoms with Crippen LogP contribution in [0.1, 0.15) is 48.0 Å². The minimum absolute atomic E-state index is 0.221. The Morgan fingerprint density at radius 1 is 1.00 bits per heavy atom. The van der Waals surface area contributed by atoms with Gasteiger partial charge in [0.1, 0.15) is 0 Å². The van der Waals surface area contributed by atoms with Gasteiger partial charge in [-0.25, -0.2) is 0 Å².